The Hall–Kier alpha value is -1.91. The van der Waals surface area contributed by atoms with E-state index in [4.69, 9.17) is 5.73 Å². The van der Waals surface area contributed by atoms with E-state index in [9.17, 15) is 0 Å². The lowest BCUT2D eigenvalue weighted by molar-refractivity contribution is 0.671. The molecule has 0 atom stereocenters. The van der Waals surface area contributed by atoms with Crippen LogP contribution in [0.2, 0.25) is 0 Å². The average Bonchev–Trinajstić information content (AvgIpc) is 2.61. The molecule has 0 aliphatic heterocycles. The summed E-state index contributed by atoms with van der Waals surface area (Å²) in [5, 5.41) is 4.29. The molecule has 0 aromatic carbocycles. The molecule has 2 rings (SSSR count). The second-order valence-electron chi connectivity index (χ2n) is 2.86. The summed E-state index contributed by atoms with van der Waals surface area (Å²) in [6.07, 6.45) is 4.93. The molecule has 0 bridgehead atoms. The van der Waals surface area contributed by atoms with E-state index in [0.29, 0.717) is 5.82 Å². The van der Waals surface area contributed by atoms with Gasteiger partial charge in [0.2, 0.25) is 0 Å². The Balaban J connectivity index is 2.43. The lowest BCUT2D eigenvalue weighted by Crippen LogP contribution is -2.01. The molecular formula is C9H11N5. The Morgan fingerprint density at radius 3 is 2.79 bits per heavy atom. The number of nitrogens with two attached hydrogens (primary N) is 1. The van der Waals surface area contributed by atoms with Crippen molar-refractivity contribution >= 4 is 5.82 Å². The van der Waals surface area contributed by atoms with Crippen LogP contribution in [0.5, 0.6) is 0 Å². The third kappa shape index (κ3) is 1.44. The maximum atomic E-state index is 5.74. The van der Waals surface area contributed by atoms with E-state index in [1.165, 1.54) is 0 Å². The third-order valence-electron chi connectivity index (χ3n) is 1.94. The molecule has 0 amide bonds. The van der Waals surface area contributed by atoms with Crippen LogP contribution >= 0.6 is 0 Å². The molecule has 0 saturated heterocycles. The predicted molar refractivity (Wildman–Crippen MR) is 53.3 cm³/mol. The first-order valence-corrected chi connectivity index (χ1v) is 4.41. The molecule has 5 nitrogen and oxygen atoms in total. The molecule has 2 aromatic rings. The zero-order valence-electron chi connectivity index (χ0n) is 7.88. The van der Waals surface area contributed by atoms with Crippen molar-refractivity contribution in [1.82, 2.24) is 19.7 Å². The maximum absolute atomic E-state index is 5.74. The molecule has 0 saturated carbocycles. The fraction of sp³-hybridized carbons (Fsp3) is 0.222. The van der Waals surface area contributed by atoms with E-state index in [1.807, 2.05) is 6.92 Å². The van der Waals surface area contributed by atoms with E-state index in [1.54, 1.807) is 29.3 Å². The molecule has 5 heteroatoms. The number of anilines is 1. The SMILES string of the molecule is CCn1nc(-c2cnccn2)cc1N. The molecular weight excluding hydrogens is 178 g/mol. The summed E-state index contributed by atoms with van der Waals surface area (Å²) in [6, 6.07) is 1.80. The van der Waals surface area contributed by atoms with Gasteiger partial charge in [-0.3, -0.25) is 9.97 Å². The maximum Gasteiger partial charge on any atom is 0.122 e. The minimum absolute atomic E-state index is 0.646. The van der Waals surface area contributed by atoms with Gasteiger partial charge in [0.15, 0.2) is 0 Å². The minimum Gasteiger partial charge on any atom is -0.384 e. The molecule has 0 aliphatic carbocycles. The zero-order chi connectivity index (χ0) is 9.97. The Morgan fingerprint density at radius 2 is 2.21 bits per heavy atom. The highest BCUT2D eigenvalue weighted by molar-refractivity contribution is 5.56. The van der Waals surface area contributed by atoms with Crippen LogP contribution in [0, 0.1) is 0 Å². The van der Waals surface area contributed by atoms with Gasteiger partial charge < -0.3 is 5.73 Å². The number of nitrogen functional groups attached to an aromatic ring is 1. The van der Waals surface area contributed by atoms with Gasteiger partial charge in [0.05, 0.1) is 6.20 Å². The van der Waals surface area contributed by atoms with Gasteiger partial charge in [-0.2, -0.15) is 5.10 Å². The van der Waals surface area contributed by atoms with Crippen molar-refractivity contribution in [3.05, 3.63) is 24.7 Å². The van der Waals surface area contributed by atoms with Crippen molar-refractivity contribution in [1.29, 1.82) is 0 Å². The first-order valence-electron chi connectivity index (χ1n) is 4.41. The standard InChI is InChI=1S/C9H11N5/c1-2-14-9(10)5-7(13-14)8-6-11-3-4-12-8/h3-6H,2,10H2,1H3. The monoisotopic (exact) mass is 189 g/mol. The Labute approximate surface area is 81.6 Å². The van der Waals surface area contributed by atoms with Crippen molar-refractivity contribution in [2.75, 3.05) is 5.73 Å². The molecule has 0 spiro atoms. The quantitative estimate of drug-likeness (QED) is 0.763. The first kappa shape index (κ1) is 8.68. The largest absolute Gasteiger partial charge is 0.384 e. The van der Waals surface area contributed by atoms with Crippen LogP contribution in [0.25, 0.3) is 11.4 Å². The predicted octanol–water partition coefficient (Wildman–Crippen LogP) is 0.942. The van der Waals surface area contributed by atoms with Crippen LogP contribution in [0.3, 0.4) is 0 Å². The summed E-state index contributed by atoms with van der Waals surface area (Å²) < 4.78 is 1.73. The fourth-order valence-corrected chi connectivity index (χ4v) is 1.24. The average molecular weight is 189 g/mol. The number of nitrogens with zero attached hydrogens (tertiary/aromatic N) is 4. The van der Waals surface area contributed by atoms with Gasteiger partial charge in [-0.1, -0.05) is 0 Å². The van der Waals surface area contributed by atoms with Gasteiger partial charge in [-0.05, 0) is 6.92 Å². The normalized spacial score (nSPS) is 10.4. The van der Waals surface area contributed by atoms with Gasteiger partial charge >= 0.3 is 0 Å². The Bertz CT molecular complexity index is 420. The second-order valence-corrected chi connectivity index (χ2v) is 2.86. The topological polar surface area (TPSA) is 69.6 Å². The molecule has 0 unspecified atom stereocenters. The van der Waals surface area contributed by atoms with E-state index in [0.717, 1.165) is 17.9 Å². The Kier molecular flexibility index (Phi) is 2.14. The Morgan fingerprint density at radius 1 is 1.36 bits per heavy atom. The second kappa shape index (κ2) is 3.45. The van der Waals surface area contributed by atoms with Gasteiger partial charge in [-0.15, -0.1) is 0 Å². The van der Waals surface area contributed by atoms with E-state index in [-0.39, 0.29) is 0 Å². The molecule has 0 radical (unpaired) electrons. The number of hydrogen-bond acceptors (Lipinski definition) is 4. The van der Waals surface area contributed by atoms with Crippen LogP contribution in [0.15, 0.2) is 24.7 Å². The van der Waals surface area contributed by atoms with Crippen molar-refractivity contribution in [3.8, 4) is 11.4 Å². The number of aryl methyl sites for hydroxylation is 1. The highest BCUT2D eigenvalue weighted by Gasteiger charge is 2.06. The van der Waals surface area contributed by atoms with Crippen LogP contribution in [-0.2, 0) is 6.54 Å². The van der Waals surface area contributed by atoms with E-state index >= 15 is 0 Å². The first-order chi connectivity index (χ1) is 6.81. The highest BCUT2D eigenvalue weighted by Crippen LogP contribution is 2.16. The molecule has 0 fully saturated rings. The van der Waals surface area contributed by atoms with Gasteiger partial charge in [0.25, 0.3) is 0 Å². The summed E-state index contributed by atoms with van der Waals surface area (Å²) in [7, 11) is 0. The van der Waals surface area contributed by atoms with Crippen molar-refractivity contribution in [2.45, 2.75) is 13.5 Å². The highest BCUT2D eigenvalue weighted by atomic mass is 15.3. The fourth-order valence-electron chi connectivity index (χ4n) is 1.24. The lowest BCUT2D eigenvalue weighted by Gasteiger charge is -1.96. The summed E-state index contributed by atoms with van der Waals surface area (Å²) in [4.78, 5) is 8.12. The van der Waals surface area contributed by atoms with Crippen LogP contribution < -0.4 is 5.73 Å². The van der Waals surface area contributed by atoms with Gasteiger partial charge in [-0.25, -0.2) is 4.68 Å². The van der Waals surface area contributed by atoms with E-state index < -0.39 is 0 Å². The van der Waals surface area contributed by atoms with Crippen LogP contribution in [0.4, 0.5) is 5.82 Å². The van der Waals surface area contributed by atoms with Gasteiger partial charge in [0, 0.05) is 25.0 Å². The molecule has 2 aromatic heterocycles. The smallest absolute Gasteiger partial charge is 0.122 e. The molecule has 2 heterocycles. The lowest BCUT2D eigenvalue weighted by atomic mass is 10.3. The molecule has 0 aliphatic rings. The summed E-state index contributed by atoms with van der Waals surface area (Å²) in [5.41, 5.74) is 7.25. The molecule has 2 N–H and O–H groups in total. The third-order valence-corrected chi connectivity index (χ3v) is 1.94. The number of rotatable bonds is 2. The summed E-state index contributed by atoms with van der Waals surface area (Å²) >= 11 is 0. The molecule has 72 valence electrons. The minimum atomic E-state index is 0.646. The number of aromatic nitrogens is 4. The van der Waals surface area contributed by atoms with Crippen LogP contribution in [0.1, 0.15) is 6.92 Å². The molecule has 14 heavy (non-hydrogen) atoms. The number of hydrogen-bond donors (Lipinski definition) is 1. The van der Waals surface area contributed by atoms with Crippen LogP contribution in [-0.4, -0.2) is 19.7 Å². The van der Waals surface area contributed by atoms with Crippen molar-refractivity contribution < 1.29 is 0 Å². The van der Waals surface area contributed by atoms with Gasteiger partial charge in [0.1, 0.15) is 17.2 Å². The van der Waals surface area contributed by atoms with Crippen molar-refractivity contribution in [3.63, 3.8) is 0 Å². The summed E-state index contributed by atoms with van der Waals surface area (Å²) in [5.74, 6) is 0.646. The van der Waals surface area contributed by atoms with Crippen molar-refractivity contribution in [2.24, 2.45) is 0 Å². The van der Waals surface area contributed by atoms with E-state index in [2.05, 4.69) is 15.1 Å². The zero-order valence-corrected chi connectivity index (χ0v) is 7.88. The summed E-state index contributed by atoms with van der Waals surface area (Å²) in [6.45, 7) is 2.75.